The maximum atomic E-state index is 12.2. The van der Waals surface area contributed by atoms with Gasteiger partial charge in [0.2, 0.25) is 5.91 Å². The van der Waals surface area contributed by atoms with Gasteiger partial charge < -0.3 is 5.32 Å². The zero-order valence-corrected chi connectivity index (χ0v) is 15.3. The average molecular weight is 361 g/mol. The van der Waals surface area contributed by atoms with Crippen LogP contribution in [0.5, 0.6) is 0 Å². The van der Waals surface area contributed by atoms with Gasteiger partial charge in [0, 0.05) is 18.2 Å². The molecule has 0 saturated carbocycles. The third kappa shape index (κ3) is 5.14. The van der Waals surface area contributed by atoms with E-state index in [1.54, 1.807) is 6.07 Å². The minimum Gasteiger partial charge on any atom is -0.354 e. The topological polar surface area (TPSA) is 64.0 Å². The van der Waals surface area contributed by atoms with Crippen LogP contribution in [0.3, 0.4) is 0 Å². The van der Waals surface area contributed by atoms with Gasteiger partial charge in [-0.1, -0.05) is 67.6 Å². The second-order valence-electron chi connectivity index (χ2n) is 6.53. The molecule has 5 heteroatoms. The Balaban J connectivity index is 1.57. The van der Waals surface area contributed by atoms with Gasteiger partial charge in [0.15, 0.2) is 0 Å². The van der Waals surface area contributed by atoms with E-state index in [2.05, 4.69) is 29.5 Å². The maximum absolute atomic E-state index is 12.2. The standard InChI is InChI=1S/C22H23N3O2/c1-17(18-8-4-2-5-9-18)14-15-23-21(26)16-25-22(27)13-12-20(24-25)19-10-6-3-7-11-19/h2-13,17H,14-16H2,1H3,(H,23,26)/t17-/m0/s1. The van der Waals surface area contributed by atoms with Crippen molar-refractivity contribution in [3.8, 4) is 11.3 Å². The van der Waals surface area contributed by atoms with Gasteiger partial charge in [0.25, 0.3) is 5.56 Å². The molecule has 5 nitrogen and oxygen atoms in total. The zero-order chi connectivity index (χ0) is 19.1. The molecule has 0 aliphatic heterocycles. The number of rotatable bonds is 7. The van der Waals surface area contributed by atoms with E-state index in [9.17, 15) is 9.59 Å². The molecule has 1 atom stereocenters. The van der Waals surface area contributed by atoms with Crippen molar-refractivity contribution < 1.29 is 4.79 Å². The van der Waals surface area contributed by atoms with Gasteiger partial charge in [-0.05, 0) is 24.0 Å². The third-order valence-electron chi connectivity index (χ3n) is 4.50. The summed E-state index contributed by atoms with van der Waals surface area (Å²) in [4.78, 5) is 24.2. The predicted octanol–water partition coefficient (Wildman–Crippen LogP) is 3.22. The van der Waals surface area contributed by atoms with Crippen molar-refractivity contribution in [2.45, 2.75) is 25.8 Å². The molecule has 0 aliphatic carbocycles. The summed E-state index contributed by atoms with van der Waals surface area (Å²) in [5, 5.41) is 7.20. The van der Waals surface area contributed by atoms with Gasteiger partial charge >= 0.3 is 0 Å². The Morgan fingerprint density at radius 1 is 1.00 bits per heavy atom. The van der Waals surface area contributed by atoms with Gasteiger partial charge in [-0.25, -0.2) is 4.68 Å². The smallest absolute Gasteiger partial charge is 0.267 e. The molecule has 0 bridgehead atoms. The van der Waals surface area contributed by atoms with E-state index in [4.69, 9.17) is 0 Å². The molecular formula is C22H23N3O2. The van der Waals surface area contributed by atoms with Crippen LogP contribution in [-0.4, -0.2) is 22.2 Å². The summed E-state index contributed by atoms with van der Waals surface area (Å²) in [6.07, 6.45) is 0.835. The van der Waals surface area contributed by atoms with Crippen LogP contribution in [0.1, 0.15) is 24.8 Å². The fourth-order valence-corrected chi connectivity index (χ4v) is 2.89. The van der Waals surface area contributed by atoms with Crippen molar-refractivity contribution in [3.63, 3.8) is 0 Å². The van der Waals surface area contributed by atoms with Crippen LogP contribution in [0, 0.1) is 0 Å². The summed E-state index contributed by atoms with van der Waals surface area (Å²) in [6.45, 7) is 2.61. The van der Waals surface area contributed by atoms with Crippen molar-refractivity contribution in [1.82, 2.24) is 15.1 Å². The molecule has 1 N–H and O–H groups in total. The molecule has 1 heterocycles. The Bertz CT molecular complexity index is 937. The van der Waals surface area contributed by atoms with Gasteiger partial charge in [0.1, 0.15) is 6.54 Å². The number of hydrogen-bond donors (Lipinski definition) is 1. The molecule has 0 spiro atoms. The van der Waals surface area contributed by atoms with Crippen LogP contribution in [0.25, 0.3) is 11.3 Å². The van der Waals surface area contributed by atoms with Crippen LogP contribution < -0.4 is 10.9 Å². The molecule has 0 saturated heterocycles. The number of amides is 1. The van der Waals surface area contributed by atoms with Crippen molar-refractivity contribution in [1.29, 1.82) is 0 Å². The largest absolute Gasteiger partial charge is 0.354 e. The van der Waals surface area contributed by atoms with E-state index in [1.807, 2.05) is 48.5 Å². The van der Waals surface area contributed by atoms with Crippen LogP contribution in [0.15, 0.2) is 77.6 Å². The number of aromatic nitrogens is 2. The Hall–Kier alpha value is -3.21. The SMILES string of the molecule is C[C@@H](CCNC(=O)Cn1nc(-c2ccccc2)ccc1=O)c1ccccc1. The molecular weight excluding hydrogens is 338 g/mol. The molecule has 3 rings (SSSR count). The summed E-state index contributed by atoms with van der Waals surface area (Å²) in [5.74, 6) is 0.142. The first-order valence-corrected chi connectivity index (χ1v) is 9.09. The first-order valence-electron chi connectivity index (χ1n) is 9.09. The number of nitrogens with zero attached hydrogens (tertiary/aromatic N) is 2. The third-order valence-corrected chi connectivity index (χ3v) is 4.50. The molecule has 138 valence electrons. The zero-order valence-electron chi connectivity index (χ0n) is 15.3. The minimum atomic E-state index is -0.289. The quantitative estimate of drug-likeness (QED) is 0.703. The number of nitrogens with one attached hydrogen (secondary N) is 1. The van der Waals surface area contributed by atoms with Crippen molar-refractivity contribution in [3.05, 3.63) is 88.7 Å². The summed E-state index contributed by atoms with van der Waals surface area (Å²) in [6, 6.07) is 22.9. The molecule has 3 aromatic rings. The molecule has 1 aromatic heterocycles. The molecule has 2 aromatic carbocycles. The average Bonchev–Trinajstić information content (AvgIpc) is 2.71. The van der Waals surface area contributed by atoms with Crippen molar-refractivity contribution in [2.24, 2.45) is 0 Å². The highest BCUT2D eigenvalue weighted by Crippen LogP contribution is 2.17. The van der Waals surface area contributed by atoms with E-state index < -0.39 is 0 Å². The lowest BCUT2D eigenvalue weighted by atomic mass is 9.98. The lowest BCUT2D eigenvalue weighted by molar-refractivity contribution is -0.121. The Morgan fingerprint density at radius 3 is 2.37 bits per heavy atom. The normalized spacial score (nSPS) is 11.7. The molecule has 0 aliphatic rings. The van der Waals surface area contributed by atoms with Gasteiger partial charge in [-0.2, -0.15) is 5.10 Å². The summed E-state index contributed by atoms with van der Waals surface area (Å²) >= 11 is 0. The van der Waals surface area contributed by atoms with E-state index in [0.717, 1.165) is 12.0 Å². The lowest BCUT2D eigenvalue weighted by Gasteiger charge is -2.13. The van der Waals surface area contributed by atoms with E-state index in [0.29, 0.717) is 18.2 Å². The summed E-state index contributed by atoms with van der Waals surface area (Å²) < 4.78 is 1.21. The fraction of sp³-hybridized carbons (Fsp3) is 0.227. The van der Waals surface area contributed by atoms with Crippen molar-refractivity contribution >= 4 is 5.91 Å². The van der Waals surface area contributed by atoms with Gasteiger partial charge in [-0.15, -0.1) is 0 Å². The minimum absolute atomic E-state index is 0.0841. The Labute approximate surface area is 158 Å². The highest BCUT2D eigenvalue weighted by Gasteiger charge is 2.09. The van der Waals surface area contributed by atoms with E-state index in [-0.39, 0.29) is 18.0 Å². The number of hydrogen-bond acceptors (Lipinski definition) is 3. The second-order valence-corrected chi connectivity index (χ2v) is 6.53. The summed E-state index contributed by atoms with van der Waals surface area (Å²) in [7, 11) is 0. The molecule has 0 unspecified atom stereocenters. The second kappa shape index (κ2) is 8.94. The predicted molar refractivity (Wildman–Crippen MR) is 106 cm³/mol. The highest BCUT2D eigenvalue weighted by atomic mass is 16.2. The summed E-state index contributed by atoms with van der Waals surface area (Å²) in [5.41, 5.74) is 2.53. The first-order chi connectivity index (χ1) is 13.1. The highest BCUT2D eigenvalue weighted by molar-refractivity contribution is 5.75. The molecule has 27 heavy (non-hydrogen) atoms. The Morgan fingerprint density at radius 2 is 1.67 bits per heavy atom. The van der Waals surface area contributed by atoms with Crippen LogP contribution in [0.2, 0.25) is 0 Å². The van der Waals surface area contributed by atoms with E-state index >= 15 is 0 Å². The first kappa shape index (κ1) is 18.6. The van der Waals surface area contributed by atoms with Crippen molar-refractivity contribution in [2.75, 3.05) is 6.54 Å². The molecule has 0 radical (unpaired) electrons. The van der Waals surface area contributed by atoms with E-state index in [1.165, 1.54) is 16.3 Å². The fourth-order valence-electron chi connectivity index (χ4n) is 2.89. The number of carbonyl (C=O) groups is 1. The maximum Gasteiger partial charge on any atom is 0.267 e. The van der Waals surface area contributed by atoms with Gasteiger partial charge in [-0.3, -0.25) is 9.59 Å². The number of carbonyl (C=O) groups excluding carboxylic acids is 1. The van der Waals surface area contributed by atoms with Crippen LogP contribution in [-0.2, 0) is 11.3 Å². The monoisotopic (exact) mass is 361 g/mol. The molecule has 0 fully saturated rings. The van der Waals surface area contributed by atoms with Crippen LogP contribution in [0.4, 0.5) is 0 Å². The Kier molecular flexibility index (Phi) is 6.15. The number of benzene rings is 2. The van der Waals surface area contributed by atoms with Crippen LogP contribution >= 0.6 is 0 Å². The molecule has 1 amide bonds. The lowest BCUT2D eigenvalue weighted by Crippen LogP contribution is -2.34. The van der Waals surface area contributed by atoms with Gasteiger partial charge in [0.05, 0.1) is 5.69 Å².